The van der Waals surface area contributed by atoms with E-state index in [9.17, 15) is 4.39 Å². The smallest absolute Gasteiger partial charge is 0.147 e. The number of benzene rings is 1. The monoisotopic (exact) mass is 247 g/mol. The molecule has 1 aromatic carbocycles. The summed E-state index contributed by atoms with van der Waals surface area (Å²) >= 11 is 0. The fourth-order valence-electron chi connectivity index (χ4n) is 2.89. The highest BCUT2D eigenvalue weighted by molar-refractivity contribution is 5.85. The SMILES string of the molecule is Cc1[nH]c2c(F)cccc2c1C1CNCCN1C. The average Bonchev–Trinajstić information content (AvgIpc) is 2.68. The van der Waals surface area contributed by atoms with Crippen molar-refractivity contribution in [1.29, 1.82) is 0 Å². The molecule has 1 saturated heterocycles. The molecule has 0 amide bonds. The van der Waals surface area contributed by atoms with Gasteiger partial charge in [0.25, 0.3) is 0 Å². The lowest BCUT2D eigenvalue weighted by Gasteiger charge is -2.33. The molecule has 1 fully saturated rings. The molecule has 0 saturated carbocycles. The van der Waals surface area contributed by atoms with Crippen LogP contribution in [0.4, 0.5) is 4.39 Å². The number of likely N-dealkylation sites (N-methyl/N-ethyl adjacent to an activating group) is 1. The third-order valence-corrected chi connectivity index (χ3v) is 3.86. The van der Waals surface area contributed by atoms with Gasteiger partial charge < -0.3 is 10.3 Å². The minimum Gasteiger partial charge on any atom is -0.356 e. The highest BCUT2D eigenvalue weighted by atomic mass is 19.1. The van der Waals surface area contributed by atoms with E-state index in [0.29, 0.717) is 11.6 Å². The Hall–Kier alpha value is -1.39. The Kier molecular flexibility index (Phi) is 2.84. The molecule has 1 atom stereocenters. The average molecular weight is 247 g/mol. The Bertz CT molecular complexity index is 576. The van der Waals surface area contributed by atoms with Crippen LogP contribution in [0, 0.1) is 12.7 Å². The van der Waals surface area contributed by atoms with Gasteiger partial charge in [-0.05, 0) is 25.6 Å². The Morgan fingerprint density at radius 1 is 1.39 bits per heavy atom. The molecule has 2 heterocycles. The minimum absolute atomic E-state index is 0.173. The van der Waals surface area contributed by atoms with Crippen LogP contribution in [0.3, 0.4) is 0 Å². The number of aryl methyl sites for hydroxylation is 1. The summed E-state index contributed by atoms with van der Waals surface area (Å²) < 4.78 is 13.8. The number of fused-ring (bicyclic) bond motifs is 1. The van der Waals surface area contributed by atoms with Crippen LogP contribution in [-0.2, 0) is 0 Å². The fraction of sp³-hybridized carbons (Fsp3) is 0.429. The summed E-state index contributed by atoms with van der Waals surface area (Å²) in [6.45, 7) is 4.98. The topological polar surface area (TPSA) is 31.1 Å². The number of nitrogens with zero attached hydrogens (tertiary/aromatic N) is 1. The number of para-hydroxylation sites is 1. The van der Waals surface area contributed by atoms with Crippen molar-refractivity contribution in [1.82, 2.24) is 15.2 Å². The fourth-order valence-corrected chi connectivity index (χ4v) is 2.89. The van der Waals surface area contributed by atoms with Crippen molar-refractivity contribution in [3.63, 3.8) is 0 Å². The summed E-state index contributed by atoms with van der Waals surface area (Å²) in [7, 11) is 2.13. The van der Waals surface area contributed by atoms with Crippen LogP contribution in [0.15, 0.2) is 18.2 Å². The van der Waals surface area contributed by atoms with Crippen molar-refractivity contribution in [2.45, 2.75) is 13.0 Å². The van der Waals surface area contributed by atoms with E-state index in [-0.39, 0.29) is 5.82 Å². The van der Waals surface area contributed by atoms with Crippen LogP contribution in [0.1, 0.15) is 17.3 Å². The number of aromatic nitrogens is 1. The van der Waals surface area contributed by atoms with Crippen LogP contribution >= 0.6 is 0 Å². The molecule has 0 radical (unpaired) electrons. The largest absolute Gasteiger partial charge is 0.356 e. The van der Waals surface area contributed by atoms with Gasteiger partial charge in [0.2, 0.25) is 0 Å². The first-order chi connectivity index (χ1) is 8.68. The molecule has 0 aliphatic carbocycles. The third-order valence-electron chi connectivity index (χ3n) is 3.86. The number of aromatic amines is 1. The highest BCUT2D eigenvalue weighted by Crippen LogP contribution is 2.32. The van der Waals surface area contributed by atoms with Gasteiger partial charge in [-0.2, -0.15) is 0 Å². The number of rotatable bonds is 1. The van der Waals surface area contributed by atoms with Crippen LogP contribution in [0.2, 0.25) is 0 Å². The predicted octanol–water partition coefficient (Wildman–Crippen LogP) is 2.19. The van der Waals surface area contributed by atoms with Crippen LogP contribution in [-0.4, -0.2) is 36.6 Å². The molecule has 18 heavy (non-hydrogen) atoms. The zero-order valence-corrected chi connectivity index (χ0v) is 10.8. The quantitative estimate of drug-likeness (QED) is 0.809. The maximum atomic E-state index is 13.8. The molecule has 96 valence electrons. The Morgan fingerprint density at radius 2 is 2.22 bits per heavy atom. The van der Waals surface area contributed by atoms with Gasteiger partial charge in [-0.3, -0.25) is 4.90 Å². The minimum atomic E-state index is -0.173. The predicted molar refractivity (Wildman–Crippen MR) is 71.2 cm³/mol. The maximum absolute atomic E-state index is 13.8. The number of halogens is 1. The first-order valence-electron chi connectivity index (χ1n) is 6.36. The number of hydrogen-bond donors (Lipinski definition) is 2. The number of hydrogen-bond acceptors (Lipinski definition) is 2. The molecule has 3 rings (SSSR count). The molecule has 1 aliphatic rings. The lowest BCUT2D eigenvalue weighted by molar-refractivity contribution is 0.203. The zero-order chi connectivity index (χ0) is 12.7. The van der Waals surface area contributed by atoms with E-state index in [0.717, 1.165) is 30.7 Å². The summed E-state index contributed by atoms with van der Waals surface area (Å²) in [5.74, 6) is -0.173. The summed E-state index contributed by atoms with van der Waals surface area (Å²) in [5, 5.41) is 4.42. The molecule has 3 nitrogen and oxygen atoms in total. The molecule has 1 aliphatic heterocycles. The van der Waals surface area contributed by atoms with E-state index >= 15 is 0 Å². The van der Waals surface area contributed by atoms with Gasteiger partial charge in [0.15, 0.2) is 0 Å². The molecule has 1 unspecified atom stereocenters. The second-order valence-corrected chi connectivity index (χ2v) is 5.03. The number of piperazine rings is 1. The summed E-state index contributed by atoms with van der Waals surface area (Å²) in [6, 6.07) is 5.60. The van der Waals surface area contributed by atoms with Gasteiger partial charge in [-0.15, -0.1) is 0 Å². The Morgan fingerprint density at radius 3 is 3.00 bits per heavy atom. The van der Waals surface area contributed by atoms with Crippen LogP contribution in [0.5, 0.6) is 0 Å². The van der Waals surface area contributed by atoms with Crippen LogP contribution < -0.4 is 5.32 Å². The lowest BCUT2D eigenvalue weighted by Crippen LogP contribution is -2.43. The van der Waals surface area contributed by atoms with E-state index in [1.807, 2.05) is 13.0 Å². The van der Waals surface area contributed by atoms with Gasteiger partial charge >= 0.3 is 0 Å². The first-order valence-corrected chi connectivity index (χ1v) is 6.36. The molecule has 1 aromatic heterocycles. The third kappa shape index (κ3) is 1.72. The van der Waals surface area contributed by atoms with Gasteiger partial charge in [-0.1, -0.05) is 12.1 Å². The molecule has 0 bridgehead atoms. The molecular formula is C14H18FN3. The lowest BCUT2D eigenvalue weighted by atomic mass is 10.0. The Labute approximate surface area is 106 Å². The highest BCUT2D eigenvalue weighted by Gasteiger charge is 2.25. The standard InChI is InChI=1S/C14H18FN3/c1-9-13(12-8-16-6-7-18(12)2)10-4-3-5-11(15)14(10)17-9/h3-5,12,16-17H,6-8H2,1-2H3. The second kappa shape index (κ2) is 4.37. The van der Waals surface area contributed by atoms with Crippen molar-refractivity contribution in [3.8, 4) is 0 Å². The van der Waals surface area contributed by atoms with Gasteiger partial charge in [-0.25, -0.2) is 4.39 Å². The summed E-state index contributed by atoms with van der Waals surface area (Å²) in [4.78, 5) is 5.51. The number of H-pyrrole nitrogens is 1. The maximum Gasteiger partial charge on any atom is 0.147 e. The molecule has 0 spiro atoms. The molecule has 2 N–H and O–H groups in total. The zero-order valence-electron chi connectivity index (χ0n) is 10.8. The molecular weight excluding hydrogens is 229 g/mol. The van der Waals surface area contributed by atoms with E-state index in [2.05, 4.69) is 22.2 Å². The van der Waals surface area contributed by atoms with Gasteiger partial charge in [0, 0.05) is 36.8 Å². The Balaban J connectivity index is 2.16. The first kappa shape index (κ1) is 11.7. The normalized spacial score (nSPS) is 21.6. The van der Waals surface area contributed by atoms with E-state index in [1.54, 1.807) is 6.07 Å². The number of nitrogens with one attached hydrogen (secondary N) is 2. The van der Waals surface area contributed by atoms with E-state index in [4.69, 9.17) is 0 Å². The summed E-state index contributed by atoms with van der Waals surface area (Å²) in [5.41, 5.74) is 2.92. The van der Waals surface area contributed by atoms with Crippen LogP contribution in [0.25, 0.3) is 10.9 Å². The van der Waals surface area contributed by atoms with Crippen molar-refractivity contribution >= 4 is 10.9 Å². The van der Waals surface area contributed by atoms with Crippen molar-refractivity contribution in [2.75, 3.05) is 26.7 Å². The summed E-state index contributed by atoms with van der Waals surface area (Å²) in [6.07, 6.45) is 0. The molecule has 4 heteroatoms. The van der Waals surface area contributed by atoms with E-state index < -0.39 is 0 Å². The van der Waals surface area contributed by atoms with Gasteiger partial charge in [0.05, 0.1) is 5.52 Å². The van der Waals surface area contributed by atoms with Crippen molar-refractivity contribution < 1.29 is 4.39 Å². The van der Waals surface area contributed by atoms with Crippen molar-refractivity contribution in [2.24, 2.45) is 0 Å². The van der Waals surface area contributed by atoms with E-state index in [1.165, 1.54) is 11.6 Å². The van der Waals surface area contributed by atoms with Crippen molar-refractivity contribution in [3.05, 3.63) is 35.3 Å². The molecule has 2 aromatic rings. The van der Waals surface area contributed by atoms with Gasteiger partial charge in [0.1, 0.15) is 5.82 Å². The second-order valence-electron chi connectivity index (χ2n) is 5.03.